The smallest absolute Gasteiger partial charge is 0.262 e. The summed E-state index contributed by atoms with van der Waals surface area (Å²) in [6.45, 7) is 4.17. The van der Waals surface area contributed by atoms with E-state index in [1.165, 1.54) is 16.4 Å². The van der Waals surface area contributed by atoms with Crippen molar-refractivity contribution in [1.29, 1.82) is 0 Å². The molecule has 0 fully saturated rings. The molecule has 1 amide bonds. The molecule has 1 N–H and O–H groups in total. The molecule has 2 aromatic carbocycles. The van der Waals surface area contributed by atoms with Crippen LogP contribution in [-0.2, 0) is 14.8 Å². The van der Waals surface area contributed by atoms with E-state index in [0.717, 1.165) is 4.47 Å². The van der Waals surface area contributed by atoms with Gasteiger partial charge in [0.05, 0.1) is 4.90 Å². The van der Waals surface area contributed by atoms with E-state index in [2.05, 4.69) is 21.2 Å². The van der Waals surface area contributed by atoms with Crippen molar-refractivity contribution in [1.82, 2.24) is 4.31 Å². The fourth-order valence-corrected chi connectivity index (χ4v) is 4.09. The lowest BCUT2D eigenvalue weighted by Gasteiger charge is -2.18. The van der Waals surface area contributed by atoms with Crippen molar-refractivity contribution in [2.45, 2.75) is 18.7 Å². The number of carbonyl (C=O) groups is 1. The lowest BCUT2D eigenvalue weighted by atomic mass is 10.3. The molecule has 0 aliphatic heterocycles. The Bertz CT molecular complexity index is 850. The fraction of sp³-hybridized carbons (Fsp3) is 0.278. The number of amides is 1. The van der Waals surface area contributed by atoms with Gasteiger partial charge in [-0.3, -0.25) is 4.79 Å². The van der Waals surface area contributed by atoms with Crippen molar-refractivity contribution in [2.24, 2.45) is 0 Å². The van der Waals surface area contributed by atoms with Crippen LogP contribution in [0.15, 0.2) is 57.9 Å². The first-order valence-corrected chi connectivity index (χ1v) is 10.4. The third-order valence-electron chi connectivity index (χ3n) is 3.64. The molecular formula is C18H21BrN2O4S. The van der Waals surface area contributed by atoms with Gasteiger partial charge in [-0.2, -0.15) is 4.31 Å². The number of nitrogens with one attached hydrogen (secondary N) is 1. The Morgan fingerprint density at radius 3 is 2.38 bits per heavy atom. The van der Waals surface area contributed by atoms with E-state index in [4.69, 9.17) is 4.74 Å². The minimum Gasteiger partial charge on any atom is -0.484 e. The zero-order valence-electron chi connectivity index (χ0n) is 14.6. The molecular weight excluding hydrogens is 420 g/mol. The topological polar surface area (TPSA) is 75.7 Å². The molecule has 140 valence electrons. The van der Waals surface area contributed by atoms with Gasteiger partial charge in [-0.05, 0) is 42.5 Å². The van der Waals surface area contributed by atoms with E-state index in [9.17, 15) is 13.2 Å². The number of rotatable bonds is 8. The number of ether oxygens (including phenoxy) is 1. The summed E-state index contributed by atoms with van der Waals surface area (Å²) in [6.07, 6.45) is 0. The summed E-state index contributed by atoms with van der Waals surface area (Å²) in [5.41, 5.74) is 0.405. The van der Waals surface area contributed by atoms with Crippen molar-refractivity contribution < 1.29 is 17.9 Å². The molecule has 0 spiro atoms. The van der Waals surface area contributed by atoms with Gasteiger partial charge in [0.1, 0.15) is 5.75 Å². The number of anilines is 1. The van der Waals surface area contributed by atoms with Crippen LogP contribution in [0.25, 0.3) is 0 Å². The van der Waals surface area contributed by atoms with Crippen LogP contribution in [0.2, 0.25) is 0 Å². The maximum atomic E-state index is 12.6. The van der Waals surface area contributed by atoms with Crippen molar-refractivity contribution in [2.75, 3.05) is 25.0 Å². The molecule has 0 aliphatic carbocycles. The Balaban J connectivity index is 2.03. The highest BCUT2D eigenvalue weighted by atomic mass is 79.9. The Kier molecular flexibility index (Phi) is 7.19. The number of benzene rings is 2. The van der Waals surface area contributed by atoms with Gasteiger partial charge in [0.2, 0.25) is 10.0 Å². The van der Waals surface area contributed by atoms with Gasteiger partial charge in [-0.15, -0.1) is 0 Å². The second-order valence-electron chi connectivity index (χ2n) is 5.41. The Morgan fingerprint density at radius 2 is 1.77 bits per heavy atom. The summed E-state index contributed by atoms with van der Waals surface area (Å²) < 4.78 is 32.8. The summed E-state index contributed by atoms with van der Waals surface area (Å²) in [7, 11) is -3.57. The van der Waals surface area contributed by atoms with Crippen LogP contribution in [-0.4, -0.2) is 38.3 Å². The molecule has 2 aromatic rings. The lowest BCUT2D eigenvalue weighted by molar-refractivity contribution is -0.118. The summed E-state index contributed by atoms with van der Waals surface area (Å²) >= 11 is 3.33. The number of nitrogens with zero attached hydrogens (tertiary/aromatic N) is 1. The average molecular weight is 441 g/mol. The average Bonchev–Trinajstić information content (AvgIpc) is 2.62. The predicted molar refractivity (Wildman–Crippen MR) is 105 cm³/mol. The van der Waals surface area contributed by atoms with E-state index >= 15 is 0 Å². The van der Waals surface area contributed by atoms with Gasteiger partial charge in [0.25, 0.3) is 5.91 Å². The first-order chi connectivity index (χ1) is 12.4. The monoisotopic (exact) mass is 440 g/mol. The van der Waals surface area contributed by atoms with Crippen LogP contribution in [0.4, 0.5) is 5.69 Å². The Labute approximate surface area is 162 Å². The molecule has 0 aromatic heterocycles. The van der Waals surface area contributed by atoms with Crippen LogP contribution in [0, 0.1) is 0 Å². The van der Waals surface area contributed by atoms with Gasteiger partial charge in [0.15, 0.2) is 6.61 Å². The van der Waals surface area contributed by atoms with Gasteiger partial charge >= 0.3 is 0 Å². The maximum absolute atomic E-state index is 12.6. The van der Waals surface area contributed by atoms with Crippen LogP contribution in [0.3, 0.4) is 0 Å². The number of carbonyl (C=O) groups excluding carboxylic acids is 1. The minimum atomic E-state index is -3.57. The molecule has 2 rings (SSSR count). The highest BCUT2D eigenvalue weighted by Crippen LogP contribution is 2.20. The first kappa shape index (κ1) is 20.4. The van der Waals surface area contributed by atoms with Crippen molar-refractivity contribution in [3.8, 4) is 5.75 Å². The van der Waals surface area contributed by atoms with Crippen LogP contribution < -0.4 is 10.1 Å². The van der Waals surface area contributed by atoms with Crippen molar-refractivity contribution in [3.63, 3.8) is 0 Å². The molecule has 0 saturated carbocycles. The molecule has 26 heavy (non-hydrogen) atoms. The van der Waals surface area contributed by atoms with Crippen molar-refractivity contribution >= 4 is 37.5 Å². The number of sulfonamides is 1. The zero-order chi connectivity index (χ0) is 19.2. The SMILES string of the molecule is CCN(CC)S(=O)(=O)c1cccc(NC(=O)COc2ccc(Br)cc2)c1. The quantitative estimate of drug-likeness (QED) is 0.681. The lowest BCUT2D eigenvalue weighted by Crippen LogP contribution is -2.30. The fourth-order valence-electron chi connectivity index (χ4n) is 2.32. The van der Waals surface area contributed by atoms with E-state index in [1.54, 1.807) is 38.1 Å². The van der Waals surface area contributed by atoms with E-state index in [1.807, 2.05) is 12.1 Å². The van der Waals surface area contributed by atoms with Gasteiger partial charge in [0, 0.05) is 23.2 Å². The summed E-state index contributed by atoms with van der Waals surface area (Å²) in [5, 5.41) is 2.65. The first-order valence-electron chi connectivity index (χ1n) is 8.15. The standard InChI is InChI=1S/C18H21BrN2O4S/c1-3-21(4-2)26(23,24)17-7-5-6-15(12-17)20-18(22)13-25-16-10-8-14(19)9-11-16/h5-12H,3-4,13H2,1-2H3,(H,20,22). The number of halogens is 1. The zero-order valence-corrected chi connectivity index (χ0v) is 17.0. The van der Waals surface area contributed by atoms with Gasteiger partial charge in [-0.1, -0.05) is 35.8 Å². The molecule has 0 radical (unpaired) electrons. The Hall–Kier alpha value is -1.90. The highest BCUT2D eigenvalue weighted by Gasteiger charge is 2.21. The van der Waals surface area contributed by atoms with E-state index < -0.39 is 10.0 Å². The Morgan fingerprint density at radius 1 is 1.12 bits per heavy atom. The summed E-state index contributed by atoms with van der Waals surface area (Å²) in [6, 6.07) is 13.3. The third-order valence-corrected chi connectivity index (χ3v) is 6.22. The number of hydrogen-bond acceptors (Lipinski definition) is 4. The molecule has 0 atom stereocenters. The molecule has 0 aliphatic rings. The van der Waals surface area contributed by atoms with E-state index in [0.29, 0.717) is 24.5 Å². The number of hydrogen-bond donors (Lipinski definition) is 1. The molecule has 0 bridgehead atoms. The minimum absolute atomic E-state index is 0.146. The van der Waals surface area contributed by atoms with Crippen LogP contribution in [0.1, 0.15) is 13.8 Å². The normalized spacial score (nSPS) is 11.4. The largest absolute Gasteiger partial charge is 0.484 e. The molecule has 0 unspecified atom stereocenters. The van der Waals surface area contributed by atoms with Crippen molar-refractivity contribution in [3.05, 3.63) is 53.0 Å². The van der Waals surface area contributed by atoms with Crippen LogP contribution >= 0.6 is 15.9 Å². The molecule has 0 heterocycles. The van der Waals surface area contributed by atoms with E-state index in [-0.39, 0.29) is 17.4 Å². The summed E-state index contributed by atoms with van der Waals surface area (Å²) in [4.78, 5) is 12.2. The molecule has 0 saturated heterocycles. The molecule has 8 heteroatoms. The highest BCUT2D eigenvalue weighted by molar-refractivity contribution is 9.10. The maximum Gasteiger partial charge on any atom is 0.262 e. The second-order valence-corrected chi connectivity index (χ2v) is 8.26. The predicted octanol–water partition coefficient (Wildman–Crippen LogP) is 3.50. The summed E-state index contributed by atoms with van der Waals surface area (Å²) in [5.74, 6) is 0.200. The van der Waals surface area contributed by atoms with Crippen LogP contribution in [0.5, 0.6) is 5.75 Å². The van der Waals surface area contributed by atoms with Gasteiger partial charge < -0.3 is 10.1 Å². The molecule has 6 nitrogen and oxygen atoms in total. The van der Waals surface area contributed by atoms with Gasteiger partial charge in [-0.25, -0.2) is 8.42 Å². The third kappa shape index (κ3) is 5.30. The second kappa shape index (κ2) is 9.16.